The number of rotatable bonds is 3. The second kappa shape index (κ2) is 5.79. The normalized spacial score (nSPS) is 23.1. The Balaban J connectivity index is 1.99. The molecule has 3 atom stereocenters. The molecule has 2 amide bonds. The Morgan fingerprint density at radius 2 is 2.10 bits per heavy atom. The van der Waals surface area contributed by atoms with Crippen LogP contribution in [0.2, 0.25) is 0 Å². The van der Waals surface area contributed by atoms with E-state index in [9.17, 15) is 9.59 Å². The molecule has 1 fully saturated rings. The summed E-state index contributed by atoms with van der Waals surface area (Å²) in [6, 6.07) is 1.51. The molecule has 6 nitrogen and oxygen atoms in total. The lowest BCUT2D eigenvalue weighted by Gasteiger charge is -2.20. The van der Waals surface area contributed by atoms with E-state index in [1.807, 2.05) is 33.8 Å². The number of likely N-dealkylation sites (tertiary alicyclic amines) is 1. The van der Waals surface area contributed by atoms with E-state index in [1.165, 1.54) is 0 Å². The number of aliphatic carboxylic acids is 1. The number of carboxylic acid groups (broad SMARTS) is 1. The Kier molecular flexibility index (Phi) is 4.25. The molecule has 116 valence electrons. The van der Waals surface area contributed by atoms with Gasteiger partial charge in [0.2, 0.25) is 0 Å². The third kappa shape index (κ3) is 3.20. The Hall–Kier alpha value is -1.98. The fourth-order valence-corrected chi connectivity index (χ4v) is 2.89. The molecule has 21 heavy (non-hydrogen) atoms. The van der Waals surface area contributed by atoms with Gasteiger partial charge in [-0.05, 0) is 32.8 Å². The topological polar surface area (TPSA) is 82.8 Å². The van der Waals surface area contributed by atoms with Gasteiger partial charge in [0.15, 0.2) is 0 Å². The summed E-state index contributed by atoms with van der Waals surface area (Å²) in [6.07, 6.45) is 0. The van der Waals surface area contributed by atoms with Crippen molar-refractivity contribution in [3.63, 3.8) is 0 Å². The smallest absolute Gasteiger partial charge is 0.317 e. The third-order valence-corrected chi connectivity index (χ3v) is 4.10. The summed E-state index contributed by atoms with van der Waals surface area (Å²) in [4.78, 5) is 24.9. The molecule has 3 unspecified atom stereocenters. The van der Waals surface area contributed by atoms with E-state index in [1.54, 1.807) is 4.90 Å². The summed E-state index contributed by atoms with van der Waals surface area (Å²) >= 11 is 0. The fourth-order valence-electron chi connectivity index (χ4n) is 2.89. The first-order valence-corrected chi connectivity index (χ1v) is 7.14. The lowest BCUT2D eigenvalue weighted by atomic mass is 9.99. The number of hydrogen-bond acceptors (Lipinski definition) is 3. The molecule has 2 rings (SSSR count). The summed E-state index contributed by atoms with van der Waals surface area (Å²) < 4.78 is 5.47. The number of nitrogens with one attached hydrogen (secondary N) is 1. The van der Waals surface area contributed by atoms with Crippen LogP contribution in [0.5, 0.6) is 0 Å². The van der Waals surface area contributed by atoms with Crippen molar-refractivity contribution in [2.45, 2.75) is 33.7 Å². The quantitative estimate of drug-likeness (QED) is 0.896. The van der Waals surface area contributed by atoms with Crippen LogP contribution >= 0.6 is 0 Å². The number of carbonyl (C=O) groups is 2. The molecule has 1 saturated heterocycles. The first kappa shape index (κ1) is 15.4. The second-order valence-corrected chi connectivity index (χ2v) is 5.87. The monoisotopic (exact) mass is 294 g/mol. The summed E-state index contributed by atoms with van der Waals surface area (Å²) in [5.74, 6) is 0.250. The van der Waals surface area contributed by atoms with Gasteiger partial charge in [-0.1, -0.05) is 6.92 Å². The second-order valence-electron chi connectivity index (χ2n) is 5.87. The molecular formula is C15H22N2O4. The summed E-state index contributed by atoms with van der Waals surface area (Å²) in [6.45, 7) is 8.22. The minimum absolute atomic E-state index is 0.0264. The number of hydrogen-bond donors (Lipinski definition) is 2. The van der Waals surface area contributed by atoms with Crippen LogP contribution in [0.1, 0.15) is 37.0 Å². The minimum Gasteiger partial charge on any atom is -0.481 e. The average Bonchev–Trinajstić information content (AvgIpc) is 2.92. The lowest BCUT2D eigenvalue weighted by Crippen LogP contribution is -2.40. The highest BCUT2D eigenvalue weighted by atomic mass is 16.4. The van der Waals surface area contributed by atoms with E-state index in [2.05, 4.69) is 5.32 Å². The zero-order valence-electron chi connectivity index (χ0n) is 12.8. The first-order chi connectivity index (χ1) is 9.79. The molecule has 0 radical (unpaired) electrons. The van der Waals surface area contributed by atoms with E-state index >= 15 is 0 Å². The predicted octanol–water partition coefficient (Wildman–Crippen LogP) is 2.32. The van der Waals surface area contributed by atoms with E-state index in [0.29, 0.717) is 6.54 Å². The van der Waals surface area contributed by atoms with Crippen molar-refractivity contribution >= 4 is 12.0 Å². The van der Waals surface area contributed by atoms with Crippen LogP contribution in [-0.2, 0) is 4.79 Å². The predicted molar refractivity (Wildman–Crippen MR) is 77.0 cm³/mol. The van der Waals surface area contributed by atoms with Crippen molar-refractivity contribution in [3.8, 4) is 0 Å². The van der Waals surface area contributed by atoms with Gasteiger partial charge in [0, 0.05) is 18.7 Å². The van der Waals surface area contributed by atoms with E-state index < -0.39 is 11.9 Å². The van der Waals surface area contributed by atoms with Crippen LogP contribution in [0.4, 0.5) is 4.79 Å². The third-order valence-electron chi connectivity index (χ3n) is 4.10. The number of carbonyl (C=O) groups excluding carboxylic acids is 1. The van der Waals surface area contributed by atoms with Crippen molar-refractivity contribution in [2.75, 3.05) is 13.1 Å². The maximum Gasteiger partial charge on any atom is 0.317 e. The highest BCUT2D eigenvalue weighted by molar-refractivity contribution is 5.78. The summed E-state index contributed by atoms with van der Waals surface area (Å²) in [5, 5.41) is 12.0. The van der Waals surface area contributed by atoms with Gasteiger partial charge in [-0.15, -0.1) is 0 Å². The first-order valence-electron chi connectivity index (χ1n) is 7.14. The minimum atomic E-state index is -0.841. The van der Waals surface area contributed by atoms with Crippen molar-refractivity contribution in [3.05, 3.63) is 23.2 Å². The van der Waals surface area contributed by atoms with Crippen LogP contribution in [0.15, 0.2) is 10.5 Å². The maximum absolute atomic E-state index is 12.3. The highest BCUT2D eigenvalue weighted by Crippen LogP contribution is 2.25. The van der Waals surface area contributed by atoms with Crippen molar-refractivity contribution < 1.29 is 19.1 Å². The van der Waals surface area contributed by atoms with E-state index in [-0.39, 0.29) is 24.5 Å². The van der Waals surface area contributed by atoms with Crippen LogP contribution in [-0.4, -0.2) is 35.1 Å². The largest absolute Gasteiger partial charge is 0.481 e. The van der Waals surface area contributed by atoms with Crippen molar-refractivity contribution in [1.29, 1.82) is 0 Å². The Labute approximate surface area is 124 Å². The number of urea groups is 1. The van der Waals surface area contributed by atoms with Crippen molar-refractivity contribution in [2.24, 2.45) is 11.8 Å². The van der Waals surface area contributed by atoms with Crippen molar-refractivity contribution in [1.82, 2.24) is 10.2 Å². The molecule has 2 N–H and O–H groups in total. The molecular weight excluding hydrogens is 272 g/mol. The molecule has 1 aliphatic heterocycles. The average molecular weight is 294 g/mol. The molecule has 0 bridgehead atoms. The molecule has 0 aliphatic carbocycles. The van der Waals surface area contributed by atoms with Gasteiger partial charge >= 0.3 is 12.0 Å². The molecule has 0 aromatic carbocycles. The Morgan fingerprint density at radius 1 is 1.43 bits per heavy atom. The van der Waals surface area contributed by atoms with Gasteiger partial charge in [0.05, 0.1) is 12.0 Å². The summed E-state index contributed by atoms with van der Waals surface area (Å²) in [5.41, 5.74) is 0.947. The SMILES string of the molecule is Cc1cc(C(C)NC(=O)N2CC(C)C(C(=O)O)C2)c(C)o1. The molecule has 2 heterocycles. The molecule has 0 spiro atoms. The standard InChI is InChI=1S/C15H22N2O4/c1-8-6-17(7-13(8)14(18)19)15(20)16-10(3)12-5-9(2)21-11(12)4/h5,8,10,13H,6-7H2,1-4H3,(H,16,20)(H,18,19). The number of furan rings is 1. The maximum atomic E-state index is 12.3. The molecule has 0 saturated carbocycles. The highest BCUT2D eigenvalue weighted by Gasteiger charge is 2.37. The van der Waals surface area contributed by atoms with Gasteiger partial charge in [-0.25, -0.2) is 4.79 Å². The molecule has 6 heteroatoms. The van der Waals surface area contributed by atoms with Crippen LogP contribution in [0.3, 0.4) is 0 Å². The van der Waals surface area contributed by atoms with Gasteiger partial charge in [-0.3, -0.25) is 4.79 Å². The molecule has 1 aromatic rings. The summed E-state index contributed by atoms with van der Waals surface area (Å²) in [7, 11) is 0. The van der Waals surface area contributed by atoms with Gasteiger partial charge in [-0.2, -0.15) is 0 Å². The van der Waals surface area contributed by atoms with Gasteiger partial charge in [0.25, 0.3) is 0 Å². The fraction of sp³-hybridized carbons (Fsp3) is 0.600. The van der Waals surface area contributed by atoms with E-state index in [0.717, 1.165) is 17.1 Å². The van der Waals surface area contributed by atoms with E-state index in [4.69, 9.17) is 9.52 Å². The number of carboxylic acids is 1. The van der Waals surface area contributed by atoms with Crippen LogP contribution in [0, 0.1) is 25.7 Å². The molecule has 1 aliphatic rings. The molecule has 1 aromatic heterocycles. The Bertz CT molecular complexity index is 552. The van der Waals surface area contributed by atoms with Gasteiger partial charge < -0.3 is 19.7 Å². The zero-order chi connectivity index (χ0) is 15.7. The lowest BCUT2D eigenvalue weighted by molar-refractivity contribution is -0.142. The van der Waals surface area contributed by atoms with Crippen LogP contribution < -0.4 is 5.32 Å². The van der Waals surface area contributed by atoms with Crippen LogP contribution in [0.25, 0.3) is 0 Å². The zero-order valence-corrected chi connectivity index (χ0v) is 12.8. The number of aryl methyl sites for hydroxylation is 2. The van der Waals surface area contributed by atoms with Gasteiger partial charge in [0.1, 0.15) is 11.5 Å². The number of nitrogens with zero attached hydrogens (tertiary/aromatic N) is 1. The Morgan fingerprint density at radius 3 is 2.57 bits per heavy atom. The number of amides is 2.